The number of aromatic nitrogens is 3. The summed E-state index contributed by atoms with van der Waals surface area (Å²) in [6, 6.07) is 14.9. The van der Waals surface area contributed by atoms with Crippen LogP contribution in [0.3, 0.4) is 0 Å². The summed E-state index contributed by atoms with van der Waals surface area (Å²) in [6.07, 6.45) is 2.59. The van der Waals surface area contributed by atoms with Gasteiger partial charge in [0.05, 0.1) is 11.4 Å². The van der Waals surface area contributed by atoms with Crippen molar-refractivity contribution in [2.45, 2.75) is 18.5 Å². The van der Waals surface area contributed by atoms with Crippen molar-refractivity contribution in [1.82, 2.24) is 19.9 Å². The van der Waals surface area contributed by atoms with Crippen molar-refractivity contribution in [2.24, 2.45) is 0 Å². The van der Waals surface area contributed by atoms with Gasteiger partial charge in [0.2, 0.25) is 0 Å². The van der Waals surface area contributed by atoms with Gasteiger partial charge in [-0.15, -0.1) is 0 Å². The average Bonchev–Trinajstić information content (AvgIpc) is 2.96. The van der Waals surface area contributed by atoms with Crippen LogP contribution < -0.4 is 11.1 Å². The zero-order valence-corrected chi connectivity index (χ0v) is 13.6. The van der Waals surface area contributed by atoms with E-state index in [4.69, 9.17) is 5.73 Å². The van der Waals surface area contributed by atoms with Gasteiger partial charge in [-0.25, -0.2) is 15.0 Å². The molecular formula is C18H20N6. The van der Waals surface area contributed by atoms with Gasteiger partial charge >= 0.3 is 0 Å². The highest BCUT2D eigenvalue weighted by Gasteiger charge is 2.33. The molecule has 3 N–H and O–H groups in total. The Balaban J connectivity index is 1.67. The molecular weight excluding hydrogens is 300 g/mol. The predicted octanol–water partition coefficient (Wildman–Crippen LogP) is 2.46. The van der Waals surface area contributed by atoms with Gasteiger partial charge in [0, 0.05) is 12.6 Å². The molecule has 6 nitrogen and oxygen atoms in total. The molecule has 0 aliphatic carbocycles. The average molecular weight is 320 g/mol. The molecule has 3 aromatic rings. The summed E-state index contributed by atoms with van der Waals surface area (Å²) in [7, 11) is 2.17. The highest BCUT2D eigenvalue weighted by atomic mass is 15.2. The van der Waals surface area contributed by atoms with Gasteiger partial charge in [0.1, 0.15) is 18.0 Å². The third-order valence-corrected chi connectivity index (χ3v) is 4.63. The molecule has 4 rings (SSSR count). The van der Waals surface area contributed by atoms with Crippen molar-refractivity contribution in [2.75, 3.05) is 24.6 Å². The van der Waals surface area contributed by atoms with Gasteiger partial charge in [0.25, 0.3) is 0 Å². The number of nitrogens with two attached hydrogens (primary N) is 1. The van der Waals surface area contributed by atoms with E-state index in [0.717, 1.165) is 24.2 Å². The van der Waals surface area contributed by atoms with Crippen molar-refractivity contribution in [3.63, 3.8) is 0 Å². The molecule has 0 radical (unpaired) electrons. The first-order valence-electron chi connectivity index (χ1n) is 8.11. The van der Waals surface area contributed by atoms with Crippen LogP contribution in [-0.4, -0.2) is 39.5 Å². The standard InChI is InChI=1S/C18H20N6/c1-24-10-9-14(16(24)12-5-3-2-4-6-12)22-17-13-7-8-15(19)23-18(13)21-11-20-17/h2-8,11,14,16H,9-10H2,1H3,(H3,19,20,21,22,23)/t14-,16+/m0/s1. The molecule has 6 heteroatoms. The molecule has 24 heavy (non-hydrogen) atoms. The van der Waals surface area contributed by atoms with Gasteiger partial charge in [-0.05, 0) is 31.2 Å². The number of pyridine rings is 1. The summed E-state index contributed by atoms with van der Waals surface area (Å²) in [5.41, 5.74) is 7.69. The van der Waals surface area contributed by atoms with E-state index in [1.54, 1.807) is 6.07 Å². The normalized spacial score (nSPS) is 21.2. The summed E-state index contributed by atoms with van der Waals surface area (Å²) in [4.78, 5) is 15.3. The van der Waals surface area contributed by atoms with Crippen LogP contribution in [0.1, 0.15) is 18.0 Å². The molecule has 0 unspecified atom stereocenters. The fraction of sp³-hybridized carbons (Fsp3) is 0.278. The minimum absolute atomic E-state index is 0.285. The zero-order valence-electron chi connectivity index (χ0n) is 13.6. The van der Waals surface area contributed by atoms with E-state index >= 15 is 0 Å². The van der Waals surface area contributed by atoms with Crippen molar-refractivity contribution >= 4 is 22.7 Å². The first-order valence-corrected chi connectivity index (χ1v) is 8.11. The molecule has 122 valence electrons. The maximum atomic E-state index is 5.76. The molecule has 1 fully saturated rings. The second kappa shape index (κ2) is 6.05. The Bertz CT molecular complexity index is 851. The number of benzene rings is 1. The van der Waals surface area contributed by atoms with Crippen LogP contribution in [0.25, 0.3) is 11.0 Å². The fourth-order valence-corrected chi connectivity index (χ4v) is 3.48. The smallest absolute Gasteiger partial charge is 0.166 e. The number of nitrogens with zero attached hydrogens (tertiary/aromatic N) is 4. The van der Waals surface area contributed by atoms with Crippen molar-refractivity contribution in [3.8, 4) is 0 Å². The molecule has 0 bridgehead atoms. The number of rotatable bonds is 3. The van der Waals surface area contributed by atoms with E-state index in [9.17, 15) is 0 Å². The quantitative estimate of drug-likeness (QED) is 0.772. The van der Waals surface area contributed by atoms with Gasteiger partial charge in [-0.2, -0.15) is 0 Å². The SMILES string of the molecule is CN1CC[C@H](Nc2ncnc3nc(N)ccc23)[C@H]1c1ccccc1. The first-order chi connectivity index (χ1) is 11.7. The Kier molecular flexibility index (Phi) is 3.74. The molecule has 1 saturated heterocycles. The van der Waals surface area contributed by atoms with Crippen LogP contribution in [-0.2, 0) is 0 Å². The van der Waals surface area contributed by atoms with Crippen LogP contribution in [0.5, 0.6) is 0 Å². The van der Waals surface area contributed by atoms with E-state index in [2.05, 4.69) is 62.5 Å². The Morgan fingerprint density at radius 2 is 1.96 bits per heavy atom. The summed E-state index contributed by atoms with van der Waals surface area (Å²) in [6.45, 7) is 1.05. The topological polar surface area (TPSA) is 80.0 Å². The monoisotopic (exact) mass is 320 g/mol. The summed E-state index contributed by atoms with van der Waals surface area (Å²) < 4.78 is 0. The second-order valence-electron chi connectivity index (χ2n) is 6.21. The molecule has 0 saturated carbocycles. The maximum Gasteiger partial charge on any atom is 0.166 e. The maximum absolute atomic E-state index is 5.76. The highest BCUT2D eigenvalue weighted by Crippen LogP contribution is 2.33. The second-order valence-corrected chi connectivity index (χ2v) is 6.21. The minimum atomic E-state index is 0.285. The van der Waals surface area contributed by atoms with E-state index in [1.165, 1.54) is 11.9 Å². The lowest BCUT2D eigenvalue weighted by atomic mass is 10.00. The van der Waals surface area contributed by atoms with Crippen LogP contribution >= 0.6 is 0 Å². The Labute approximate surface area is 140 Å². The molecule has 1 aliphatic heterocycles. The Hall–Kier alpha value is -2.73. The van der Waals surface area contributed by atoms with Gasteiger partial charge in [-0.1, -0.05) is 30.3 Å². The summed E-state index contributed by atoms with van der Waals surface area (Å²) >= 11 is 0. The third-order valence-electron chi connectivity index (χ3n) is 4.63. The number of hydrogen-bond donors (Lipinski definition) is 2. The highest BCUT2D eigenvalue weighted by molar-refractivity contribution is 5.87. The summed E-state index contributed by atoms with van der Waals surface area (Å²) in [5.74, 6) is 1.28. The van der Waals surface area contributed by atoms with Crippen LogP contribution in [0.4, 0.5) is 11.6 Å². The van der Waals surface area contributed by atoms with E-state index in [1.807, 2.05) is 6.07 Å². The number of nitrogens with one attached hydrogen (secondary N) is 1. The Morgan fingerprint density at radius 1 is 1.12 bits per heavy atom. The van der Waals surface area contributed by atoms with Gasteiger partial charge < -0.3 is 11.1 Å². The number of anilines is 2. The Morgan fingerprint density at radius 3 is 2.79 bits per heavy atom. The fourth-order valence-electron chi connectivity index (χ4n) is 3.48. The van der Waals surface area contributed by atoms with E-state index < -0.39 is 0 Å². The lowest BCUT2D eigenvalue weighted by Crippen LogP contribution is -2.29. The molecule has 2 atom stereocenters. The van der Waals surface area contributed by atoms with Crippen molar-refractivity contribution in [1.29, 1.82) is 0 Å². The zero-order chi connectivity index (χ0) is 16.5. The first kappa shape index (κ1) is 14.8. The van der Waals surface area contributed by atoms with Crippen LogP contribution in [0.15, 0.2) is 48.8 Å². The van der Waals surface area contributed by atoms with Crippen LogP contribution in [0, 0.1) is 0 Å². The van der Waals surface area contributed by atoms with E-state index in [0.29, 0.717) is 17.5 Å². The number of fused-ring (bicyclic) bond motifs is 1. The molecule has 1 aromatic carbocycles. The van der Waals surface area contributed by atoms with Crippen molar-refractivity contribution < 1.29 is 0 Å². The lowest BCUT2D eigenvalue weighted by molar-refractivity contribution is 0.309. The van der Waals surface area contributed by atoms with Crippen LogP contribution in [0.2, 0.25) is 0 Å². The molecule has 2 aromatic heterocycles. The number of likely N-dealkylation sites (tertiary alicyclic amines) is 1. The van der Waals surface area contributed by atoms with Gasteiger partial charge in [-0.3, -0.25) is 4.90 Å². The van der Waals surface area contributed by atoms with Crippen molar-refractivity contribution in [3.05, 3.63) is 54.4 Å². The molecule has 0 amide bonds. The molecule has 1 aliphatic rings. The largest absolute Gasteiger partial charge is 0.384 e. The van der Waals surface area contributed by atoms with E-state index in [-0.39, 0.29) is 6.04 Å². The number of nitrogen functional groups attached to an aromatic ring is 1. The lowest BCUT2D eigenvalue weighted by Gasteiger charge is -2.26. The number of likely N-dealkylation sites (N-methyl/N-ethyl adjacent to an activating group) is 1. The minimum Gasteiger partial charge on any atom is -0.384 e. The molecule has 3 heterocycles. The summed E-state index contributed by atoms with van der Waals surface area (Å²) in [5, 5.41) is 4.51. The predicted molar refractivity (Wildman–Crippen MR) is 95.6 cm³/mol. The molecule has 0 spiro atoms. The third kappa shape index (κ3) is 2.65. The van der Waals surface area contributed by atoms with Gasteiger partial charge in [0.15, 0.2) is 5.65 Å². The number of hydrogen-bond acceptors (Lipinski definition) is 6.